The second-order valence-corrected chi connectivity index (χ2v) is 6.16. The predicted octanol–water partition coefficient (Wildman–Crippen LogP) is 2.13. The van der Waals surface area contributed by atoms with Crippen LogP contribution >= 0.6 is 11.8 Å². The van der Waals surface area contributed by atoms with Crippen LogP contribution in [0.2, 0.25) is 0 Å². The van der Waals surface area contributed by atoms with E-state index in [-0.39, 0.29) is 0 Å². The van der Waals surface area contributed by atoms with E-state index >= 15 is 0 Å². The summed E-state index contributed by atoms with van der Waals surface area (Å²) in [6.07, 6.45) is 2.25. The third-order valence-electron chi connectivity index (χ3n) is 4.14. The van der Waals surface area contributed by atoms with Crippen LogP contribution in [0.5, 0.6) is 0 Å². The summed E-state index contributed by atoms with van der Waals surface area (Å²) < 4.78 is 5.45. The lowest BCUT2D eigenvalue weighted by Crippen LogP contribution is -2.47. The lowest BCUT2D eigenvalue weighted by atomic mass is 9.81. The van der Waals surface area contributed by atoms with Crippen molar-refractivity contribution in [2.24, 2.45) is 11.8 Å². The van der Waals surface area contributed by atoms with E-state index in [0.29, 0.717) is 17.9 Å². The number of ether oxygens (including phenoxy) is 1. The van der Waals surface area contributed by atoms with Gasteiger partial charge in [0.2, 0.25) is 0 Å². The second-order valence-electron chi connectivity index (χ2n) is 5.10. The minimum Gasteiger partial charge on any atom is -0.381 e. The normalized spacial score (nSPS) is 25.9. The molecule has 3 nitrogen and oxygen atoms in total. The number of hydrogen-bond acceptors (Lipinski definition) is 4. The van der Waals surface area contributed by atoms with Crippen LogP contribution in [0.25, 0.3) is 0 Å². The lowest BCUT2D eigenvalue weighted by molar-refractivity contribution is 0.0509. The Labute approximate surface area is 112 Å². The fourth-order valence-electron chi connectivity index (χ4n) is 3.14. The highest BCUT2D eigenvalue weighted by molar-refractivity contribution is 7.99. The number of hydrogen-bond donors (Lipinski definition) is 2. The van der Waals surface area contributed by atoms with Crippen LogP contribution in [0.4, 0.5) is 0 Å². The number of fused-ring (bicyclic) bond motifs is 1. The van der Waals surface area contributed by atoms with Crippen molar-refractivity contribution in [2.75, 3.05) is 19.0 Å². The molecule has 2 heterocycles. The van der Waals surface area contributed by atoms with Crippen molar-refractivity contribution in [1.82, 2.24) is 5.43 Å². The summed E-state index contributed by atoms with van der Waals surface area (Å²) in [7, 11) is 0. The van der Waals surface area contributed by atoms with Gasteiger partial charge in [0.05, 0.1) is 0 Å². The van der Waals surface area contributed by atoms with Crippen molar-refractivity contribution in [1.29, 1.82) is 0 Å². The summed E-state index contributed by atoms with van der Waals surface area (Å²) in [5, 5.41) is 0. The molecule has 1 saturated heterocycles. The van der Waals surface area contributed by atoms with Gasteiger partial charge in [0.25, 0.3) is 0 Å². The number of nitrogens with one attached hydrogen (secondary N) is 1. The van der Waals surface area contributed by atoms with E-state index < -0.39 is 0 Å². The molecule has 18 heavy (non-hydrogen) atoms. The summed E-state index contributed by atoms with van der Waals surface area (Å²) in [6.45, 7) is 1.76. The molecule has 98 valence electrons. The zero-order valence-electron chi connectivity index (χ0n) is 10.5. The van der Waals surface area contributed by atoms with Gasteiger partial charge in [-0.2, -0.15) is 0 Å². The maximum atomic E-state index is 5.84. The molecular formula is C14H20N2OS. The summed E-state index contributed by atoms with van der Waals surface area (Å²) in [6, 6.07) is 9.11. The molecule has 0 spiro atoms. The van der Waals surface area contributed by atoms with Gasteiger partial charge in [0.1, 0.15) is 0 Å². The lowest BCUT2D eigenvalue weighted by Gasteiger charge is -2.33. The molecule has 0 bridgehead atoms. The van der Waals surface area contributed by atoms with Crippen molar-refractivity contribution >= 4 is 11.8 Å². The van der Waals surface area contributed by atoms with Gasteiger partial charge in [0, 0.05) is 35.8 Å². The van der Waals surface area contributed by atoms with E-state index in [1.807, 2.05) is 11.8 Å². The van der Waals surface area contributed by atoms with Gasteiger partial charge in [-0.1, -0.05) is 18.2 Å². The van der Waals surface area contributed by atoms with Gasteiger partial charge < -0.3 is 4.74 Å². The fraction of sp³-hybridized carbons (Fsp3) is 0.571. The van der Waals surface area contributed by atoms with E-state index in [2.05, 4.69) is 29.7 Å². The number of rotatable bonds is 3. The van der Waals surface area contributed by atoms with Crippen LogP contribution in [0, 0.1) is 5.92 Å². The Morgan fingerprint density at radius 3 is 2.83 bits per heavy atom. The predicted molar refractivity (Wildman–Crippen MR) is 74.6 cm³/mol. The molecule has 0 saturated carbocycles. The molecule has 3 N–H and O–H groups in total. The first-order chi connectivity index (χ1) is 8.90. The topological polar surface area (TPSA) is 47.3 Å². The molecule has 4 heteroatoms. The molecule has 0 amide bonds. The number of benzene rings is 1. The quantitative estimate of drug-likeness (QED) is 0.648. The van der Waals surface area contributed by atoms with Crippen molar-refractivity contribution in [3.63, 3.8) is 0 Å². The van der Waals surface area contributed by atoms with Crippen molar-refractivity contribution < 1.29 is 4.74 Å². The van der Waals surface area contributed by atoms with Gasteiger partial charge >= 0.3 is 0 Å². The van der Waals surface area contributed by atoms with Gasteiger partial charge in [-0.05, 0) is 30.4 Å². The molecule has 2 aliphatic rings. The summed E-state index contributed by atoms with van der Waals surface area (Å²) in [5.41, 5.74) is 4.56. The Balaban J connectivity index is 1.80. The molecule has 1 fully saturated rings. The minimum absolute atomic E-state index is 0.380. The number of thioether (sulfide) groups is 1. The monoisotopic (exact) mass is 264 g/mol. The molecular weight excluding hydrogens is 244 g/mol. The standard InChI is InChI=1S/C14H20N2OS/c15-16-14(10-5-7-17-8-6-10)12-9-18-13-4-2-1-3-11(12)13/h1-4,10,12,14,16H,5-9,15H2. The first kappa shape index (κ1) is 12.5. The highest BCUT2D eigenvalue weighted by atomic mass is 32.2. The average Bonchev–Trinajstić information content (AvgIpc) is 2.85. The fourth-order valence-corrected chi connectivity index (χ4v) is 4.45. The molecule has 0 radical (unpaired) electrons. The van der Waals surface area contributed by atoms with E-state index in [1.54, 1.807) is 0 Å². The summed E-state index contributed by atoms with van der Waals surface area (Å²) >= 11 is 1.96. The maximum Gasteiger partial charge on any atom is 0.0469 e. The van der Waals surface area contributed by atoms with Crippen molar-refractivity contribution in [3.8, 4) is 0 Å². The highest BCUT2D eigenvalue weighted by Crippen LogP contribution is 2.43. The van der Waals surface area contributed by atoms with Crippen LogP contribution in [-0.2, 0) is 4.74 Å². The SMILES string of the molecule is NNC(C1CCOCC1)C1CSc2ccccc21. The minimum atomic E-state index is 0.380. The Hall–Kier alpha value is -0.550. The maximum absolute atomic E-state index is 5.84. The Morgan fingerprint density at radius 1 is 1.28 bits per heavy atom. The highest BCUT2D eigenvalue weighted by Gasteiger charge is 2.35. The zero-order chi connectivity index (χ0) is 12.4. The third kappa shape index (κ3) is 2.30. The average molecular weight is 264 g/mol. The Bertz CT molecular complexity index is 407. The molecule has 0 aliphatic carbocycles. The van der Waals surface area contributed by atoms with Gasteiger partial charge in [0.15, 0.2) is 0 Å². The van der Waals surface area contributed by atoms with E-state index in [4.69, 9.17) is 10.6 Å². The van der Waals surface area contributed by atoms with Crippen molar-refractivity contribution in [2.45, 2.75) is 29.7 Å². The molecule has 2 aliphatic heterocycles. The van der Waals surface area contributed by atoms with Crippen LogP contribution in [0.15, 0.2) is 29.2 Å². The van der Waals surface area contributed by atoms with Gasteiger partial charge in [-0.15, -0.1) is 11.8 Å². The molecule has 2 unspecified atom stereocenters. The zero-order valence-corrected chi connectivity index (χ0v) is 11.3. The van der Waals surface area contributed by atoms with Crippen LogP contribution in [0.3, 0.4) is 0 Å². The van der Waals surface area contributed by atoms with Crippen LogP contribution in [0.1, 0.15) is 24.3 Å². The van der Waals surface area contributed by atoms with Crippen LogP contribution < -0.4 is 11.3 Å². The first-order valence-corrected chi connectivity index (χ1v) is 7.64. The summed E-state index contributed by atoms with van der Waals surface area (Å²) in [4.78, 5) is 1.43. The molecule has 1 aromatic rings. The summed E-state index contributed by atoms with van der Waals surface area (Å²) in [5.74, 6) is 8.17. The van der Waals surface area contributed by atoms with E-state index in [0.717, 1.165) is 31.8 Å². The Morgan fingerprint density at radius 2 is 2.06 bits per heavy atom. The van der Waals surface area contributed by atoms with Gasteiger partial charge in [-0.3, -0.25) is 11.3 Å². The van der Waals surface area contributed by atoms with Crippen LogP contribution in [-0.4, -0.2) is 25.0 Å². The smallest absolute Gasteiger partial charge is 0.0469 e. The van der Waals surface area contributed by atoms with E-state index in [9.17, 15) is 0 Å². The molecule has 3 rings (SSSR count). The Kier molecular flexibility index (Phi) is 3.89. The van der Waals surface area contributed by atoms with E-state index in [1.165, 1.54) is 10.5 Å². The second kappa shape index (κ2) is 5.61. The molecule has 2 atom stereocenters. The third-order valence-corrected chi connectivity index (χ3v) is 5.35. The van der Waals surface area contributed by atoms with Crippen molar-refractivity contribution in [3.05, 3.63) is 29.8 Å². The number of hydrazine groups is 1. The first-order valence-electron chi connectivity index (χ1n) is 6.65. The largest absolute Gasteiger partial charge is 0.381 e. The molecule has 0 aromatic heterocycles. The van der Waals surface area contributed by atoms with Gasteiger partial charge in [-0.25, -0.2) is 0 Å². The molecule has 1 aromatic carbocycles. The number of nitrogens with two attached hydrogens (primary N) is 1.